The van der Waals surface area contributed by atoms with Gasteiger partial charge in [0, 0.05) is 6.07 Å². The minimum atomic E-state index is -0.667. The number of nitrogens with zero attached hydrogens (tertiary/aromatic N) is 1. The summed E-state index contributed by atoms with van der Waals surface area (Å²) in [5, 5.41) is 9.86. The van der Waals surface area contributed by atoms with E-state index >= 15 is 0 Å². The first-order valence-corrected chi connectivity index (χ1v) is 1.65. The van der Waals surface area contributed by atoms with Crippen molar-refractivity contribution in [3.05, 3.63) is 27.9 Å². The quantitative estimate of drug-likeness (QED) is 0.453. The molecule has 0 saturated carbocycles. The Hall–Kier alpha value is -1.19. The molecule has 4 nitrogen and oxygen atoms in total. The van der Waals surface area contributed by atoms with Crippen molar-refractivity contribution in [3.63, 3.8) is 0 Å². The third kappa shape index (κ3) is 0.489. The lowest BCUT2D eigenvalue weighted by Gasteiger charge is -1.89. The topological polar surface area (TPSA) is 58.2 Å². The molecule has 0 bridgehead atoms. The van der Waals surface area contributed by atoms with Crippen molar-refractivity contribution >= 4 is 0 Å². The second-order valence-electron chi connectivity index (χ2n) is 1.00. The van der Waals surface area contributed by atoms with Crippen molar-refractivity contribution in [2.75, 3.05) is 0 Å². The lowest BCUT2D eigenvalue weighted by Crippen LogP contribution is -2.05. The molecule has 0 aliphatic carbocycles. The summed E-state index contributed by atoms with van der Waals surface area (Å²) in [6.07, 6.45) is 1.04. The second-order valence-corrected chi connectivity index (χ2v) is 1.00. The molecule has 1 aromatic heterocycles. The third-order valence-corrected chi connectivity index (χ3v) is 0.547. The van der Waals surface area contributed by atoms with Crippen molar-refractivity contribution in [2.45, 2.75) is 0 Å². The first-order chi connectivity index (χ1) is 3.30. The van der Waals surface area contributed by atoms with E-state index in [1.165, 1.54) is 0 Å². The molecule has 0 amide bonds. The predicted octanol–water partition coefficient (Wildman–Crippen LogP) is -0.213. The zero-order valence-electron chi connectivity index (χ0n) is 3.33. The average Bonchev–Trinajstić information content (AvgIpc) is 1.91. The zero-order chi connectivity index (χ0) is 5.28. The summed E-state index contributed by atoms with van der Waals surface area (Å²) in [4.78, 5) is 9.88. The van der Waals surface area contributed by atoms with Crippen LogP contribution in [0.2, 0.25) is 0 Å². The van der Waals surface area contributed by atoms with Gasteiger partial charge >= 0.3 is 0 Å². The standard InChI is InChI=1S/C3H2NO3/c5-3-1-2-7-4(3)6/h1-2H/q-1. The van der Waals surface area contributed by atoms with E-state index in [0.717, 1.165) is 12.3 Å². The Bertz CT molecular complexity index is 198. The van der Waals surface area contributed by atoms with E-state index in [-0.39, 0.29) is 4.90 Å². The number of rotatable bonds is 0. The summed E-state index contributed by atoms with van der Waals surface area (Å²) in [6.45, 7) is 0. The van der Waals surface area contributed by atoms with E-state index in [1.807, 2.05) is 0 Å². The Morgan fingerprint density at radius 2 is 2.57 bits per heavy atom. The molecule has 1 heterocycles. The van der Waals surface area contributed by atoms with Gasteiger partial charge in [-0.05, 0) is 6.26 Å². The van der Waals surface area contributed by atoms with Crippen molar-refractivity contribution in [1.82, 2.24) is 4.90 Å². The normalized spacial score (nSPS) is 9.14. The lowest BCUT2D eigenvalue weighted by atomic mass is 10.8. The Morgan fingerprint density at radius 1 is 1.86 bits per heavy atom. The highest BCUT2D eigenvalue weighted by Gasteiger charge is 1.77. The van der Waals surface area contributed by atoms with Crippen LogP contribution >= 0.6 is 0 Å². The van der Waals surface area contributed by atoms with Crippen molar-refractivity contribution < 1.29 is 4.52 Å². The fourth-order valence-corrected chi connectivity index (χ4v) is 0.257. The Kier molecular flexibility index (Phi) is 0.651. The Labute approximate surface area is 38.5 Å². The molecule has 4 heteroatoms. The van der Waals surface area contributed by atoms with Crippen LogP contribution in [0.5, 0.6) is 0 Å². The van der Waals surface area contributed by atoms with Gasteiger partial charge in [-0.15, -0.1) is 0 Å². The monoisotopic (exact) mass is 100 g/mol. The van der Waals surface area contributed by atoms with Gasteiger partial charge in [0.25, 0.3) is 5.56 Å². The zero-order valence-corrected chi connectivity index (χ0v) is 3.33. The van der Waals surface area contributed by atoms with Gasteiger partial charge < -0.3 is 9.73 Å². The minimum absolute atomic E-state index is 0.0972. The predicted molar refractivity (Wildman–Crippen MR) is 21.7 cm³/mol. The highest BCUT2D eigenvalue weighted by Crippen LogP contribution is 1.72. The number of aromatic nitrogens is 1. The van der Waals surface area contributed by atoms with Gasteiger partial charge in [0.1, 0.15) is 0 Å². The van der Waals surface area contributed by atoms with Crippen molar-refractivity contribution in [1.29, 1.82) is 0 Å². The van der Waals surface area contributed by atoms with Gasteiger partial charge in [-0.3, -0.25) is 4.79 Å². The fourth-order valence-electron chi connectivity index (χ4n) is 0.257. The third-order valence-electron chi connectivity index (χ3n) is 0.547. The summed E-state index contributed by atoms with van der Waals surface area (Å²) < 4.78 is 4.01. The molecule has 0 N–H and O–H groups in total. The van der Waals surface area contributed by atoms with Crippen molar-refractivity contribution in [3.8, 4) is 0 Å². The highest BCUT2D eigenvalue weighted by molar-refractivity contribution is 4.76. The molecule has 0 spiro atoms. The summed E-state index contributed by atoms with van der Waals surface area (Å²) in [6, 6.07) is 1.05. The van der Waals surface area contributed by atoms with Gasteiger partial charge in [0.05, 0.1) is 0 Å². The average molecular weight is 100 g/mol. The molecule has 0 saturated heterocycles. The van der Waals surface area contributed by atoms with E-state index in [2.05, 4.69) is 4.52 Å². The maximum Gasteiger partial charge on any atom is 0.275 e. The summed E-state index contributed by atoms with van der Waals surface area (Å²) in [7, 11) is 0. The van der Waals surface area contributed by atoms with E-state index in [9.17, 15) is 10.0 Å². The lowest BCUT2D eigenvalue weighted by molar-refractivity contribution is 0.337. The van der Waals surface area contributed by atoms with Gasteiger partial charge in [-0.2, -0.15) is 4.90 Å². The van der Waals surface area contributed by atoms with Crippen molar-refractivity contribution in [2.24, 2.45) is 0 Å². The van der Waals surface area contributed by atoms with Crippen LogP contribution in [-0.4, -0.2) is 4.90 Å². The second kappa shape index (κ2) is 1.14. The SMILES string of the molecule is O=c1ccon1[O-]. The number of hydrogen-bond acceptors (Lipinski definition) is 3. The van der Waals surface area contributed by atoms with Crippen LogP contribution < -0.4 is 5.56 Å². The molecule has 0 radical (unpaired) electrons. The maximum absolute atomic E-state index is 9.98. The molecule has 1 aromatic rings. The van der Waals surface area contributed by atoms with Crippen LogP contribution in [-0.2, 0) is 0 Å². The molecular weight excluding hydrogens is 98.0 g/mol. The Balaban J connectivity index is 3.39. The van der Waals surface area contributed by atoms with Gasteiger partial charge in [0.15, 0.2) is 0 Å². The van der Waals surface area contributed by atoms with E-state index in [4.69, 9.17) is 0 Å². The minimum Gasteiger partial charge on any atom is -0.523 e. The van der Waals surface area contributed by atoms with Crippen LogP contribution in [0.25, 0.3) is 0 Å². The largest absolute Gasteiger partial charge is 0.523 e. The summed E-state index contributed by atoms with van der Waals surface area (Å²) in [5.41, 5.74) is -0.667. The molecule has 0 fully saturated rings. The van der Waals surface area contributed by atoms with Gasteiger partial charge in [-0.1, -0.05) is 0 Å². The van der Waals surface area contributed by atoms with Gasteiger partial charge in [0.2, 0.25) is 0 Å². The first-order valence-electron chi connectivity index (χ1n) is 1.65. The Morgan fingerprint density at radius 3 is 2.71 bits per heavy atom. The van der Waals surface area contributed by atoms with Crippen LogP contribution in [0.3, 0.4) is 0 Å². The number of hydrogen-bond donors (Lipinski definition) is 0. The molecule has 0 aliphatic rings. The van der Waals surface area contributed by atoms with Crippen LogP contribution in [0.15, 0.2) is 21.6 Å². The summed E-state index contributed by atoms with van der Waals surface area (Å²) >= 11 is 0. The molecule has 38 valence electrons. The molecule has 0 unspecified atom stereocenters. The van der Waals surface area contributed by atoms with Crippen LogP contribution in [0, 0.1) is 5.21 Å². The molecule has 7 heavy (non-hydrogen) atoms. The molecular formula is C3H2NO3-. The van der Waals surface area contributed by atoms with E-state index in [0.29, 0.717) is 0 Å². The molecule has 0 atom stereocenters. The fraction of sp³-hybridized carbons (Fsp3) is 0. The molecule has 0 aromatic carbocycles. The van der Waals surface area contributed by atoms with Gasteiger partial charge in [-0.25, -0.2) is 0 Å². The highest BCUT2D eigenvalue weighted by atomic mass is 16.7. The molecule has 1 rings (SSSR count). The maximum atomic E-state index is 9.98. The summed E-state index contributed by atoms with van der Waals surface area (Å²) in [5.74, 6) is 0. The molecule has 0 aliphatic heterocycles. The first kappa shape index (κ1) is 3.98. The van der Waals surface area contributed by atoms with Crippen LogP contribution in [0.1, 0.15) is 0 Å². The van der Waals surface area contributed by atoms with E-state index in [1.54, 1.807) is 0 Å². The van der Waals surface area contributed by atoms with E-state index < -0.39 is 5.56 Å². The van der Waals surface area contributed by atoms with Crippen LogP contribution in [0.4, 0.5) is 0 Å². The smallest absolute Gasteiger partial charge is 0.275 e.